The molecule has 150 valence electrons. The fourth-order valence-electron chi connectivity index (χ4n) is 2.63. The molecule has 0 spiro atoms. The number of benzene rings is 2. The molecule has 0 unspecified atom stereocenters. The molecule has 1 N–H and O–H groups in total. The van der Waals surface area contributed by atoms with Gasteiger partial charge in [0.15, 0.2) is 0 Å². The molecule has 5 nitrogen and oxygen atoms in total. The van der Waals surface area contributed by atoms with Gasteiger partial charge >= 0.3 is 6.09 Å². The first-order chi connectivity index (χ1) is 13.0. The number of aryl methyl sites for hydroxylation is 1. The summed E-state index contributed by atoms with van der Waals surface area (Å²) in [5, 5.41) is 9.51. The number of carbonyl (C=O) groups is 1. The molecule has 2 rings (SSSR count). The largest absolute Gasteiger partial charge is 0.464 e. The first-order valence-corrected chi connectivity index (χ1v) is 10.2. The highest BCUT2D eigenvalue weighted by Gasteiger charge is 2.34. The second kappa shape index (κ2) is 8.56. The fraction of sp³-hybridized carbons (Fsp3) is 0.286. The summed E-state index contributed by atoms with van der Waals surface area (Å²) < 4.78 is 39.0. The van der Waals surface area contributed by atoms with Gasteiger partial charge in [-0.25, -0.2) is 17.6 Å². The van der Waals surface area contributed by atoms with Crippen molar-refractivity contribution in [2.45, 2.75) is 32.1 Å². The Balaban J connectivity index is 2.16. The Morgan fingerprint density at radius 1 is 1.11 bits per heavy atom. The predicted molar refractivity (Wildman–Crippen MR) is 107 cm³/mol. The van der Waals surface area contributed by atoms with Crippen LogP contribution in [0.15, 0.2) is 59.5 Å². The lowest BCUT2D eigenvalue weighted by atomic mass is 9.89. The summed E-state index contributed by atoms with van der Waals surface area (Å²) in [5.41, 5.74) is 1.05. The van der Waals surface area contributed by atoms with E-state index < -0.39 is 21.5 Å². The van der Waals surface area contributed by atoms with Crippen LogP contribution < -0.4 is 0 Å². The second-order valence-corrected chi connectivity index (χ2v) is 9.29. The third kappa shape index (κ3) is 5.66. The number of amides is 1. The van der Waals surface area contributed by atoms with Crippen molar-refractivity contribution in [2.75, 3.05) is 6.54 Å². The molecule has 0 saturated carbocycles. The number of sulfonamides is 1. The lowest BCUT2D eigenvalue weighted by Crippen LogP contribution is -2.42. The van der Waals surface area contributed by atoms with E-state index in [-0.39, 0.29) is 17.3 Å². The minimum atomic E-state index is -4.16. The van der Waals surface area contributed by atoms with Gasteiger partial charge in [0.25, 0.3) is 10.0 Å². The molecule has 0 saturated heterocycles. The molecule has 2 aromatic carbocycles. The van der Waals surface area contributed by atoms with Gasteiger partial charge in [-0.05, 0) is 48.6 Å². The standard InChI is InChI=1S/C21H24FNO4S/c1-16-6-12-19(13-7-16)28(26,27)23(20(24)25)15-21(2,3)14-4-5-17-8-10-18(22)11-9-17/h4-13H,14-15H2,1-3H3,(H,24,25). The summed E-state index contributed by atoms with van der Waals surface area (Å²) in [4.78, 5) is 11.6. The van der Waals surface area contributed by atoms with Crippen LogP contribution in [0.25, 0.3) is 6.08 Å². The van der Waals surface area contributed by atoms with Gasteiger partial charge in [-0.15, -0.1) is 0 Å². The van der Waals surface area contributed by atoms with Crippen LogP contribution in [0.1, 0.15) is 31.4 Å². The minimum absolute atomic E-state index is 0.0573. The Bertz CT molecular complexity index is 949. The quantitative estimate of drug-likeness (QED) is 0.709. The smallest absolute Gasteiger partial charge is 0.421 e. The van der Waals surface area contributed by atoms with Crippen LogP contribution in [0.5, 0.6) is 0 Å². The van der Waals surface area contributed by atoms with Gasteiger partial charge in [-0.2, -0.15) is 4.31 Å². The van der Waals surface area contributed by atoms with E-state index in [1.54, 1.807) is 44.2 Å². The zero-order valence-electron chi connectivity index (χ0n) is 16.1. The Hall–Kier alpha value is -2.67. The summed E-state index contributed by atoms with van der Waals surface area (Å²) in [6.07, 6.45) is 2.54. The van der Waals surface area contributed by atoms with Gasteiger partial charge in [0.05, 0.1) is 4.90 Å². The van der Waals surface area contributed by atoms with Crippen LogP contribution in [-0.4, -0.2) is 30.5 Å². The minimum Gasteiger partial charge on any atom is -0.464 e. The Morgan fingerprint density at radius 3 is 2.21 bits per heavy atom. The zero-order valence-corrected chi connectivity index (χ0v) is 16.9. The van der Waals surface area contributed by atoms with E-state index in [1.165, 1.54) is 24.3 Å². The van der Waals surface area contributed by atoms with Gasteiger partial charge < -0.3 is 5.11 Å². The number of rotatable bonds is 7. The normalized spacial score (nSPS) is 12.3. The molecule has 0 bridgehead atoms. The van der Waals surface area contributed by atoms with Crippen molar-refractivity contribution in [3.63, 3.8) is 0 Å². The molecule has 2 aromatic rings. The Morgan fingerprint density at radius 2 is 1.68 bits per heavy atom. The van der Waals surface area contributed by atoms with Gasteiger partial charge in [0.2, 0.25) is 0 Å². The van der Waals surface area contributed by atoms with Crippen molar-refractivity contribution in [1.82, 2.24) is 4.31 Å². The number of allylic oxidation sites excluding steroid dienone is 1. The average Bonchev–Trinajstić information content (AvgIpc) is 2.61. The maximum Gasteiger partial charge on any atom is 0.421 e. The van der Waals surface area contributed by atoms with E-state index in [9.17, 15) is 22.7 Å². The number of carboxylic acid groups (broad SMARTS) is 1. The van der Waals surface area contributed by atoms with Gasteiger partial charge in [-0.3, -0.25) is 0 Å². The zero-order chi connectivity index (χ0) is 20.9. The monoisotopic (exact) mass is 405 g/mol. The van der Waals surface area contributed by atoms with Crippen molar-refractivity contribution in [3.05, 3.63) is 71.6 Å². The first kappa shape index (κ1) is 21.6. The average molecular weight is 405 g/mol. The molecular formula is C21H24FNO4S. The van der Waals surface area contributed by atoms with Crippen LogP contribution in [0.4, 0.5) is 9.18 Å². The van der Waals surface area contributed by atoms with Crippen LogP contribution in [0.3, 0.4) is 0 Å². The molecule has 0 radical (unpaired) electrons. The van der Waals surface area contributed by atoms with E-state index in [1.807, 2.05) is 13.0 Å². The van der Waals surface area contributed by atoms with Crippen LogP contribution >= 0.6 is 0 Å². The molecule has 1 amide bonds. The SMILES string of the molecule is Cc1ccc(S(=O)(=O)N(CC(C)(C)CC=Cc2ccc(F)cc2)C(=O)O)cc1. The highest BCUT2D eigenvalue weighted by molar-refractivity contribution is 7.89. The molecule has 7 heteroatoms. The molecule has 0 atom stereocenters. The van der Waals surface area contributed by atoms with Crippen molar-refractivity contribution < 1.29 is 22.7 Å². The predicted octanol–water partition coefficient (Wildman–Crippen LogP) is 4.93. The fourth-order valence-corrected chi connectivity index (χ4v) is 4.09. The number of hydrogen-bond acceptors (Lipinski definition) is 3. The van der Waals surface area contributed by atoms with Gasteiger partial charge in [0.1, 0.15) is 5.82 Å². The lowest BCUT2D eigenvalue weighted by Gasteiger charge is -2.29. The molecule has 0 aliphatic rings. The molecule has 0 aliphatic heterocycles. The molecule has 28 heavy (non-hydrogen) atoms. The summed E-state index contributed by atoms with van der Waals surface area (Å²) in [6, 6.07) is 12.0. The van der Waals surface area contributed by atoms with Gasteiger partial charge in [-0.1, -0.05) is 55.8 Å². The van der Waals surface area contributed by atoms with E-state index in [4.69, 9.17) is 0 Å². The summed E-state index contributed by atoms with van der Waals surface area (Å²) >= 11 is 0. The maximum absolute atomic E-state index is 12.9. The van der Waals surface area contributed by atoms with Crippen molar-refractivity contribution in [1.29, 1.82) is 0 Å². The summed E-state index contributed by atoms with van der Waals surface area (Å²) in [7, 11) is -4.16. The topological polar surface area (TPSA) is 74.7 Å². The Labute approximate surface area is 165 Å². The molecule has 0 aliphatic carbocycles. The molecule has 0 aromatic heterocycles. The second-order valence-electron chi connectivity index (χ2n) is 7.43. The van der Waals surface area contributed by atoms with Crippen molar-refractivity contribution in [2.24, 2.45) is 5.41 Å². The van der Waals surface area contributed by atoms with Crippen LogP contribution in [0.2, 0.25) is 0 Å². The summed E-state index contributed by atoms with van der Waals surface area (Å²) in [5.74, 6) is -0.323. The third-order valence-electron chi connectivity index (χ3n) is 4.24. The highest BCUT2D eigenvalue weighted by atomic mass is 32.2. The number of hydrogen-bond donors (Lipinski definition) is 1. The number of halogens is 1. The van der Waals surface area contributed by atoms with Crippen LogP contribution in [-0.2, 0) is 10.0 Å². The first-order valence-electron chi connectivity index (χ1n) is 8.76. The molecular weight excluding hydrogens is 381 g/mol. The van der Waals surface area contributed by atoms with Gasteiger partial charge in [0, 0.05) is 6.54 Å². The van der Waals surface area contributed by atoms with Crippen LogP contribution in [0, 0.1) is 18.2 Å². The molecule has 0 fully saturated rings. The van der Waals surface area contributed by atoms with E-state index in [2.05, 4.69) is 0 Å². The highest BCUT2D eigenvalue weighted by Crippen LogP contribution is 2.27. The Kier molecular flexibility index (Phi) is 6.61. The van der Waals surface area contributed by atoms with Crippen molar-refractivity contribution in [3.8, 4) is 0 Å². The van der Waals surface area contributed by atoms with E-state index in [0.29, 0.717) is 10.7 Å². The summed E-state index contributed by atoms with van der Waals surface area (Å²) in [6.45, 7) is 5.22. The maximum atomic E-state index is 12.9. The lowest BCUT2D eigenvalue weighted by molar-refractivity contribution is 0.158. The third-order valence-corrected chi connectivity index (χ3v) is 5.98. The number of nitrogens with zero attached hydrogens (tertiary/aromatic N) is 1. The van der Waals surface area contributed by atoms with Crippen molar-refractivity contribution >= 4 is 22.2 Å². The van der Waals surface area contributed by atoms with E-state index in [0.717, 1.165) is 11.1 Å². The van der Waals surface area contributed by atoms with E-state index >= 15 is 0 Å². The molecule has 0 heterocycles.